The summed E-state index contributed by atoms with van der Waals surface area (Å²) >= 11 is 8.18. The molecule has 0 bridgehead atoms. The molecule has 0 atom stereocenters. The second-order valence-corrected chi connectivity index (χ2v) is 7.51. The van der Waals surface area contributed by atoms with Gasteiger partial charge in [0.1, 0.15) is 0 Å². The summed E-state index contributed by atoms with van der Waals surface area (Å²) in [6.45, 7) is 1.90. The number of amides is 1. The van der Waals surface area contributed by atoms with Gasteiger partial charge in [0.25, 0.3) is 5.91 Å². The van der Waals surface area contributed by atoms with Crippen LogP contribution in [0.2, 0.25) is 0 Å². The number of nitrogen functional groups attached to an aromatic ring is 1. The second-order valence-electron chi connectivity index (χ2n) is 3.76. The van der Waals surface area contributed by atoms with E-state index in [1.165, 1.54) is 11.3 Å². The summed E-state index contributed by atoms with van der Waals surface area (Å²) < 4.78 is 1.71. The highest BCUT2D eigenvalue weighted by molar-refractivity contribution is 9.12. The molecule has 0 saturated carbocycles. The summed E-state index contributed by atoms with van der Waals surface area (Å²) in [4.78, 5) is 12.1. The van der Waals surface area contributed by atoms with Crippen LogP contribution in [0.3, 0.4) is 0 Å². The number of halogens is 2. The van der Waals surface area contributed by atoms with Crippen LogP contribution in [0.4, 0.5) is 11.4 Å². The van der Waals surface area contributed by atoms with Crippen molar-refractivity contribution in [3.8, 4) is 0 Å². The molecule has 0 unspecified atom stereocenters. The molecule has 1 aromatic carbocycles. The number of aryl methyl sites for hydroxylation is 1. The molecule has 0 fully saturated rings. The van der Waals surface area contributed by atoms with Gasteiger partial charge in [-0.3, -0.25) is 4.79 Å². The fourth-order valence-electron chi connectivity index (χ4n) is 1.45. The van der Waals surface area contributed by atoms with Gasteiger partial charge in [0.05, 0.1) is 13.1 Å². The number of benzene rings is 1. The first-order valence-electron chi connectivity index (χ1n) is 5.09. The minimum atomic E-state index is -0.145. The first-order valence-corrected chi connectivity index (χ1v) is 7.50. The molecule has 2 rings (SSSR count). The molecule has 0 aliphatic rings. The Hall–Kier alpha value is -0.850. The SMILES string of the molecule is Cc1cc(NC(=O)c2cc(Br)sc2Br)ccc1N. The van der Waals surface area contributed by atoms with Crippen LogP contribution >= 0.6 is 43.2 Å². The van der Waals surface area contributed by atoms with Crippen molar-refractivity contribution in [1.82, 2.24) is 0 Å². The lowest BCUT2D eigenvalue weighted by atomic mass is 10.2. The molecular weight excluding hydrogens is 380 g/mol. The number of anilines is 2. The van der Waals surface area contributed by atoms with Gasteiger partial charge in [-0.05, 0) is 68.6 Å². The normalized spacial score (nSPS) is 10.4. The molecule has 0 radical (unpaired) electrons. The fraction of sp³-hybridized carbons (Fsp3) is 0.0833. The van der Waals surface area contributed by atoms with Gasteiger partial charge in [0.2, 0.25) is 0 Å². The van der Waals surface area contributed by atoms with Crippen LogP contribution in [0, 0.1) is 6.92 Å². The second kappa shape index (κ2) is 5.42. The predicted molar refractivity (Wildman–Crippen MR) is 83.3 cm³/mol. The van der Waals surface area contributed by atoms with Crippen molar-refractivity contribution in [2.75, 3.05) is 11.1 Å². The van der Waals surface area contributed by atoms with Crippen molar-refractivity contribution < 1.29 is 4.79 Å². The van der Waals surface area contributed by atoms with E-state index < -0.39 is 0 Å². The molecule has 18 heavy (non-hydrogen) atoms. The molecule has 1 aromatic heterocycles. The largest absolute Gasteiger partial charge is 0.399 e. The molecule has 1 amide bonds. The lowest BCUT2D eigenvalue weighted by Gasteiger charge is -2.07. The number of nitrogens with two attached hydrogens (primary N) is 1. The van der Waals surface area contributed by atoms with E-state index in [0.29, 0.717) is 11.3 Å². The highest BCUT2D eigenvalue weighted by atomic mass is 79.9. The van der Waals surface area contributed by atoms with E-state index >= 15 is 0 Å². The molecule has 3 nitrogen and oxygen atoms in total. The Bertz CT molecular complexity index is 610. The number of hydrogen-bond donors (Lipinski definition) is 2. The number of carbonyl (C=O) groups excluding carboxylic acids is 1. The zero-order valence-corrected chi connectivity index (χ0v) is 13.4. The standard InChI is InChI=1S/C12H10Br2N2OS/c1-6-4-7(2-3-9(6)15)16-12(17)8-5-10(13)18-11(8)14/h2-5H,15H2,1H3,(H,16,17). The molecule has 0 aliphatic carbocycles. The molecule has 1 heterocycles. The van der Waals surface area contributed by atoms with Crippen LogP contribution in [0.15, 0.2) is 31.8 Å². The van der Waals surface area contributed by atoms with Crippen molar-refractivity contribution in [3.63, 3.8) is 0 Å². The average molecular weight is 390 g/mol. The topological polar surface area (TPSA) is 55.1 Å². The van der Waals surface area contributed by atoms with E-state index in [1.807, 2.05) is 13.0 Å². The Morgan fingerprint density at radius 2 is 2.06 bits per heavy atom. The smallest absolute Gasteiger partial charge is 0.257 e. The Balaban J connectivity index is 2.21. The molecule has 6 heteroatoms. The highest BCUT2D eigenvalue weighted by Crippen LogP contribution is 2.32. The van der Waals surface area contributed by atoms with Crippen molar-refractivity contribution in [1.29, 1.82) is 0 Å². The summed E-state index contributed by atoms with van der Waals surface area (Å²) in [7, 11) is 0. The maximum absolute atomic E-state index is 12.1. The molecule has 0 aliphatic heterocycles. The van der Waals surface area contributed by atoms with E-state index in [-0.39, 0.29) is 5.91 Å². The van der Waals surface area contributed by atoms with E-state index in [1.54, 1.807) is 18.2 Å². The summed E-state index contributed by atoms with van der Waals surface area (Å²) in [6, 6.07) is 7.20. The average Bonchev–Trinajstić information content (AvgIpc) is 2.63. The number of thiophene rings is 1. The zero-order chi connectivity index (χ0) is 13.3. The lowest BCUT2D eigenvalue weighted by molar-refractivity contribution is 0.102. The number of rotatable bonds is 2. The van der Waals surface area contributed by atoms with Gasteiger partial charge in [0.15, 0.2) is 0 Å². The van der Waals surface area contributed by atoms with E-state index in [2.05, 4.69) is 37.2 Å². The summed E-state index contributed by atoms with van der Waals surface area (Å²) in [5.74, 6) is -0.145. The third kappa shape index (κ3) is 2.93. The Morgan fingerprint density at radius 3 is 2.61 bits per heavy atom. The van der Waals surface area contributed by atoms with Crippen molar-refractivity contribution in [3.05, 3.63) is 43.0 Å². The van der Waals surface area contributed by atoms with Gasteiger partial charge in [0, 0.05) is 11.4 Å². The fourth-order valence-corrected chi connectivity index (χ4v) is 4.24. The maximum atomic E-state index is 12.1. The van der Waals surface area contributed by atoms with Crippen molar-refractivity contribution in [2.45, 2.75) is 6.92 Å². The third-order valence-electron chi connectivity index (χ3n) is 2.43. The summed E-state index contributed by atoms with van der Waals surface area (Å²) in [6.07, 6.45) is 0. The van der Waals surface area contributed by atoms with Gasteiger partial charge < -0.3 is 11.1 Å². The van der Waals surface area contributed by atoms with Crippen molar-refractivity contribution >= 4 is 60.5 Å². The van der Waals surface area contributed by atoms with Crippen LogP contribution in [-0.4, -0.2) is 5.91 Å². The van der Waals surface area contributed by atoms with Crippen LogP contribution in [-0.2, 0) is 0 Å². The first kappa shape index (κ1) is 13.6. The molecule has 2 aromatic rings. The molecular formula is C12H10Br2N2OS. The Morgan fingerprint density at radius 1 is 1.33 bits per heavy atom. The van der Waals surface area contributed by atoms with Gasteiger partial charge in [-0.15, -0.1) is 11.3 Å². The van der Waals surface area contributed by atoms with Crippen molar-refractivity contribution in [2.24, 2.45) is 0 Å². The molecule has 0 spiro atoms. The highest BCUT2D eigenvalue weighted by Gasteiger charge is 2.13. The van der Waals surface area contributed by atoms with Gasteiger partial charge in [-0.25, -0.2) is 0 Å². The number of nitrogens with one attached hydrogen (secondary N) is 1. The van der Waals surface area contributed by atoms with Gasteiger partial charge in [-0.1, -0.05) is 0 Å². The molecule has 0 saturated heterocycles. The minimum Gasteiger partial charge on any atom is -0.399 e. The minimum absolute atomic E-state index is 0.145. The predicted octanol–water partition coefficient (Wildman–Crippen LogP) is 4.42. The number of hydrogen-bond acceptors (Lipinski definition) is 3. The van der Waals surface area contributed by atoms with E-state index in [9.17, 15) is 4.79 Å². The quantitative estimate of drug-likeness (QED) is 0.747. The zero-order valence-electron chi connectivity index (χ0n) is 9.46. The summed E-state index contributed by atoms with van der Waals surface area (Å²) in [5, 5.41) is 2.84. The molecule has 3 N–H and O–H groups in total. The van der Waals surface area contributed by atoms with E-state index in [0.717, 1.165) is 18.8 Å². The summed E-state index contributed by atoms with van der Waals surface area (Å²) in [5.41, 5.74) is 8.74. The lowest BCUT2D eigenvalue weighted by Crippen LogP contribution is -2.11. The van der Waals surface area contributed by atoms with Crippen LogP contribution in [0.1, 0.15) is 15.9 Å². The first-order chi connectivity index (χ1) is 8.47. The Kier molecular flexibility index (Phi) is 4.09. The number of carbonyl (C=O) groups is 1. The maximum Gasteiger partial charge on any atom is 0.257 e. The van der Waals surface area contributed by atoms with E-state index in [4.69, 9.17) is 5.73 Å². The monoisotopic (exact) mass is 388 g/mol. The van der Waals surface area contributed by atoms with Crippen LogP contribution in [0.5, 0.6) is 0 Å². The Labute approximate surface area is 126 Å². The molecule has 94 valence electrons. The van der Waals surface area contributed by atoms with Gasteiger partial charge in [-0.2, -0.15) is 0 Å². The third-order valence-corrected chi connectivity index (χ3v) is 4.77. The van der Waals surface area contributed by atoms with Crippen LogP contribution in [0.25, 0.3) is 0 Å². The van der Waals surface area contributed by atoms with Crippen LogP contribution < -0.4 is 11.1 Å². The van der Waals surface area contributed by atoms with Gasteiger partial charge >= 0.3 is 0 Å².